The number of hydrogen-bond donors (Lipinski definition) is 2. The van der Waals surface area contributed by atoms with E-state index in [4.69, 9.17) is 13.0 Å². The van der Waals surface area contributed by atoms with E-state index >= 15 is 0 Å². The molecule has 0 saturated carbocycles. The first kappa shape index (κ1) is 12.5. The molecule has 0 aliphatic heterocycles. The van der Waals surface area contributed by atoms with Crippen LogP contribution in [0.5, 0.6) is 0 Å². The summed E-state index contributed by atoms with van der Waals surface area (Å²) >= 11 is 0. The minimum absolute atomic E-state index is 0.0506. The number of carboxylic acids is 1. The van der Waals surface area contributed by atoms with E-state index < -0.39 is 23.8 Å². The first-order valence-electron chi connectivity index (χ1n) is 3.83. The van der Waals surface area contributed by atoms with Crippen molar-refractivity contribution >= 4 is 25.6 Å². The molecule has 2 N–H and O–H groups in total. The fraction of sp³-hybridized carbons (Fsp3) is 0.571. The van der Waals surface area contributed by atoms with Crippen molar-refractivity contribution in [2.75, 3.05) is 7.11 Å². The van der Waals surface area contributed by atoms with E-state index in [1.807, 2.05) is 5.32 Å². The molecule has 0 aliphatic rings. The van der Waals surface area contributed by atoms with Crippen LogP contribution in [-0.4, -0.2) is 43.8 Å². The lowest BCUT2D eigenvalue weighted by Crippen LogP contribution is -2.40. The second kappa shape index (κ2) is 6.01. The summed E-state index contributed by atoms with van der Waals surface area (Å²) in [5, 5.41) is 10.6. The fourth-order valence-electron chi connectivity index (χ4n) is 0.793. The Balaban J connectivity index is 4.04. The van der Waals surface area contributed by atoms with E-state index in [9.17, 15) is 14.4 Å². The SMILES string of the molecule is [B]C(=O)NC(CCC(=O)OC)C(=O)O. The molecule has 1 amide bonds. The monoisotopic (exact) mass is 199 g/mol. The third kappa shape index (κ3) is 5.18. The highest BCUT2D eigenvalue weighted by atomic mass is 16.5. The van der Waals surface area contributed by atoms with Crippen LogP contribution in [0.25, 0.3) is 0 Å². The number of aliphatic carboxylic acids is 1. The van der Waals surface area contributed by atoms with Crippen LogP contribution in [0.2, 0.25) is 0 Å². The van der Waals surface area contributed by atoms with Crippen molar-refractivity contribution in [1.29, 1.82) is 0 Å². The summed E-state index contributed by atoms with van der Waals surface area (Å²) in [7, 11) is 5.93. The summed E-state index contributed by atoms with van der Waals surface area (Å²) in [6, 6.07) is -1.16. The number of esters is 1. The molecule has 7 heteroatoms. The Labute approximate surface area is 82.0 Å². The molecule has 0 rings (SSSR count). The number of methoxy groups -OCH3 is 1. The lowest BCUT2D eigenvalue weighted by molar-refractivity contribution is -0.142. The maximum atomic E-state index is 10.7. The minimum Gasteiger partial charge on any atom is -0.480 e. The van der Waals surface area contributed by atoms with Gasteiger partial charge in [-0.25, -0.2) is 4.79 Å². The van der Waals surface area contributed by atoms with Crippen molar-refractivity contribution < 1.29 is 24.2 Å². The molecule has 1 atom stereocenters. The Morgan fingerprint density at radius 2 is 2.07 bits per heavy atom. The van der Waals surface area contributed by atoms with E-state index in [0.717, 1.165) is 0 Å². The van der Waals surface area contributed by atoms with Gasteiger partial charge in [0.05, 0.1) is 7.11 Å². The number of carboxylic acid groups (broad SMARTS) is 1. The van der Waals surface area contributed by atoms with Gasteiger partial charge in [0.15, 0.2) is 5.81 Å². The van der Waals surface area contributed by atoms with Gasteiger partial charge in [-0.15, -0.1) is 0 Å². The van der Waals surface area contributed by atoms with Gasteiger partial charge in [-0.05, 0) is 6.42 Å². The number of rotatable bonds is 5. The predicted octanol–water partition coefficient (Wildman–Crippen LogP) is -0.729. The third-order valence-electron chi connectivity index (χ3n) is 1.48. The largest absolute Gasteiger partial charge is 0.480 e. The van der Waals surface area contributed by atoms with Gasteiger partial charge in [-0.2, -0.15) is 0 Å². The molecular formula is C7H10BNO5. The van der Waals surface area contributed by atoms with Crippen molar-refractivity contribution in [3.8, 4) is 0 Å². The molecule has 0 aromatic heterocycles. The molecule has 0 bridgehead atoms. The van der Waals surface area contributed by atoms with Gasteiger partial charge < -0.3 is 15.2 Å². The summed E-state index contributed by atoms with van der Waals surface area (Å²) in [6.45, 7) is 0. The van der Waals surface area contributed by atoms with Gasteiger partial charge in [0.25, 0.3) is 0 Å². The molecule has 1 unspecified atom stereocenters. The Kier molecular flexibility index (Phi) is 5.35. The van der Waals surface area contributed by atoms with Crippen molar-refractivity contribution in [2.45, 2.75) is 18.9 Å². The smallest absolute Gasteiger partial charge is 0.326 e. The topological polar surface area (TPSA) is 92.7 Å². The quantitative estimate of drug-likeness (QED) is 0.449. The molecule has 0 heterocycles. The van der Waals surface area contributed by atoms with Crippen LogP contribution in [0.1, 0.15) is 12.8 Å². The molecule has 2 radical (unpaired) electrons. The molecule has 0 saturated heterocycles. The van der Waals surface area contributed by atoms with Crippen molar-refractivity contribution in [2.24, 2.45) is 0 Å². The average Bonchev–Trinajstić information content (AvgIpc) is 2.10. The molecule has 0 aromatic carbocycles. The van der Waals surface area contributed by atoms with Crippen molar-refractivity contribution in [1.82, 2.24) is 5.32 Å². The van der Waals surface area contributed by atoms with Gasteiger partial charge in [-0.1, -0.05) is 0 Å². The van der Waals surface area contributed by atoms with Crippen LogP contribution in [-0.2, 0) is 14.3 Å². The maximum absolute atomic E-state index is 10.7. The molecular weight excluding hydrogens is 189 g/mol. The van der Waals surface area contributed by atoms with Crippen LogP contribution in [0, 0.1) is 0 Å². The second-order valence-electron chi connectivity index (χ2n) is 2.51. The van der Waals surface area contributed by atoms with Gasteiger partial charge >= 0.3 is 11.9 Å². The van der Waals surface area contributed by atoms with Crippen LogP contribution in [0.3, 0.4) is 0 Å². The van der Waals surface area contributed by atoms with E-state index in [1.54, 1.807) is 0 Å². The Morgan fingerprint density at radius 3 is 2.43 bits per heavy atom. The van der Waals surface area contributed by atoms with Crippen LogP contribution in [0.15, 0.2) is 0 Å². The zero-order valence-electron chi connectivity index (χ0n) is 7.65. The van der Waals surface area contributed by atoms with Crippen LogP contribution >= 0.6 is 0 Å². The van der Waals surface area contributed by atoms with Gasteiger partial charge in [-0.3, -0.25) is 9.59 Å². The lowest BCUT2D eigenvalue weighted by atomic mass is 10.1. The van der Waals surface area contributed by atoms with Crippen molar-refractivity contribution in [3.05, 3.63) is 0 Å². The maximum Gasteiger partial charge on any atom is 0.326 e. The van der Waals surface area contributed by atoms with E-state index in [0.29, 0.717) is 0 Å². The molecule has 0 fully saturated rings. The number of hydrogen-bond acceptors (Lipinski definition) is 4. The Bertz CT molecular complexity index is 242. The minimum atomic E-state index is -1.24. The Morgan fingerprint density at radius 1 is 1.50 bits per heavy atom. The summed E-state index contributed by atoms with van der Waals surface area (Å²) in [5.41, 5.74) is 0. The molecule has 14 heavy (non-hydrogen) atoms. The summed E-state index contributed by atoms with van der Waals surface area (Å²) in [5.74, 6) is -2.72. The first-order valence-corrected chi connectivity index (χ1v) is 3.83. The fourth-order valence-corrected chi connectivity index (χ4v) is 0.793. The lowest BCUT2D eigenvalue weighted by Gasteiger charge is -2.12. The van der Waals surface area contributed by atoms with E-state index in [2.05, 4.69) is 4.74 Å². The number of amides is 1. The molecule has 0 aliphatic carbocycles. The standard InChI is InChI=1S/C7H10BNO5/c1-14-5(10)3-2-4(6(11)12)9-7(8)13/h4H,2-3H2,1H3,(H,9,13)(H,11,12). The van der Waals surface area contributed by atoms with Gasteiger partial charge in [0.2, 0.25) is 7.85 Å². The van der Waals surface area contributed by atoms with Gasteiger partial charge in [0, 0.05) is 6.42 Å². The van der Waals surface area contributed by atoms with E-state index in [1.165, 1.54) is 7.11 Å². The predicted molar refractivity (Wildman–Crippen MR) is 47.0 cm³/mol. The molecule has 6 nitrogen and oxygen atoms in total. The summed E-state index contributed by atoms with van der Waals surface area (Å²) < 4.78 is 4.31. The molecule has 0 aromatic rings. The first-order chi connectivity index (χ1) is 6.47. The zero-order valence-corrected chi connectivity index (χ0v) is 7.65. The zero-order chi connectivity index (χ0) is 11.1. The summed E-state index contributed by atoms with van der Waals surface area (Å²) in [4.78, 5) is 31.5. The third-order valence-corrected chi connectivity index (χ3v) is 1.48. The number of nitrogens with one attached hydrogen (secondary N) is 1. The second-order valence-corrected chi connectivity index (χ2v) is 2.51. The number of carbonyl (C=O) groups excluding carboxylic acids is 2. The van der Waals surface area contributed by atoms with Crippen LogP contribution in [0.4, 0.5) is 4.79 Å². The summed E-state index contributed by atoms with van der Waals surface area (Å²) in [6.07, 6.45) is -0.140. The molecule has 76 valence electrons. The van der Waals surface area contributed by atoms with Gasteiger partial charge in [0.1, 0.15) is 6.04 Å². The Hall–Kier alpha value is -1.53. The average molecular weight is 199 g/mol. The molecule has 0 spiro atoms. The van der Waals surface area contributed by atoms with Crippen molar-refractivity contribution in [3.63, 3.8) is 0 Å². The highest BCUT2D eigenvalue weighted by Gasteiger charge is 2.19. The highest BCUT2D eigenvalue weighted by molar-refractivity contribution is 6.57. The number of carbonyl (C=O) groups is 3. The highest BCUT2D eigenvalue weighted by Crippen LogP contribution is 1.99. The van der Waals surface area contributed by atoms with E-state index in [-0.39, 0.29) is 12.8 Å². The normalized spacial score (nSPS) is 11.5. The number of ether oxygens (including phenoxy) is 1. The van der Waals surface area contributed by atoms with Crippen LogP contribution < -0.4 is 5.32 Å².